The van der Waals surface area contributed by atoms with E-state index in [0.717, 1.165) is 48.3 Å². The number of halogens is 2. The number of para-hydroxylation sites is 2. The summed E-state index contributed by atoms with van der Waals surface area (Å²) in [5.41, 5.74) is 1.23. The molecule has 6 atom stereocenters. The van der Waals surface area contributed by atoms with Crippen molar-refractivity contribution in [1.29, 1.82) is 0 Å². The smallest absolute Gasteiger partial charge is 0.399 e. The monoisotopic (exact) mass is 884 g/mol. The minimum Gasteiger partial charge on any atom is -0.426 e. The van der Waals surface area contributed by atoms with Crippen molar-refractivity contribution in [2.24, 2.45) is 0 Å². The maximum absolute atomic E-state index is 11.1. The molecule has 16 nitrogen and oxygen atoms in total. The van der Waals surface area contributed by atoms with E-state index in [1.807, 2.05) is 48.5 Å². The third-order valence-electron chi connectivity index (χ3n) is 7.80. The van der Waals surface area contributed by atoms with Crippen LogP contribution in [0.5, 0.6) is 11.5 Å². The molecule has 4 aliphatic heterocycles. The lowest BCUT2D eigenvalue weighted by atomic mass is 9.98. The molecule has 2 aromatic heterocycles. The van der Waals surface area contributed by atoms with Crippen LogP contribution in [0.2, 0.25) is 10.0 Å². The van der Waals surface area contributed by atoms with E-state index in [1.165, 1.54) is 12.4 Å². The van der Waals surface area contributed by atoms with Gasteiger partial charge in [0, 0.05) is 35.5 Å². The van der Waals surface area contributed by atoms with Crippen LogP contribution in [0.25, 0.3) is 0 Å². The van der Waals surface area contributed by atoms with Crippen LogP contribution in [0.15, 0.2) is 70.5 Å². The molecule has 0 saturated carbocycles. The number of aliphatic hydroxyl groups excluding tert-OH is 2. The van der Waals surface area contributed by atoms with Crippen molar-refractivity contribution in [3.05, 3.63) is 112 Å². The number of aliphatic hydroxyl groups is 2. The number of fused-ring (bicyclic) bond motifs is 2. The number of nitrogens with zero attached hydrogens (tertiary/aromatic N) is 2. The van der Waals surface area contributed by atoms with E-state index in [4.69, 9.17) is 110 Å². The second-order valence-electron chi connectivity index (χ2n) is 11.6. The number of aromatic amines is 2. The highest BCUT2D eigenvalue weighted by Gasteiger charge is 2.25. The van der Waals surface area contributed by atoms with Crippen molar-refractivity contribution in [3.8, 4) is 11.5 Å². The maximum Gasteiger partial charge on any atom is 0.399 e. The minimum absolute atomic E-state index is 0.0904. The van der Waals surface area contributed by atoms with Gasteiger partial charge in [-0.1, -0.05) is 59.6 Å². The first-order chi connectivity index (χ1) is 26.9. The predicted molar refractivity (Wildman–Crippen MR) is 213 cm³/mol. The molecule has 0 spiro atoms. The number of hydrogen-bond donors (Lipinski definition) is 4. The molecular weight excluding hydrogens is 851 g/mol. The summed E-state index contributed by atoms with van der Waals surface area (Å²) in [6.07, 6.45) is 5.54. The van der Waals surface area contributed by atoms with Gasteiger partial charge >= 0.3 is 17.2 Å². The maximum atomic E-state index is 11.1. The Balaban J connectivity index is 0.000000143. The molecule has 6 heterocycles. The zero-order valence-electron chi connectivity index (χ0n) is 29.2. The molecule has 24 heteroatoms. The van der Waals surface area contributed by atoms with Crippen molar-refractivity contribution in [2.75, 3.05) is 13.6 Å². The molecule has 4 aliphatic rings. The molecule has 0 bridgehead atoms. The fourth-order valence-electron chi connectivity index (χ4n) is 5.15. The van der Waals surface area contributed by atoms with Crippen molar-refractivity contribution in [3.63, 3.8) is 0 Å². The van der Waals surface area contributed by atoms with Gasteiger partial charge in [0.15, 0.2) is 23.1 Å². The van der Waals surface area contributed by atoms with E-state index in [9.17, 15) is 9.59 Å². The van der Waals surface area contributed by atoms with Gasteiger partial charge in [-0.15, -0.1) is 0 Å². The van der Waals surface area contributed by atoms with Gasteiger partial charge in [0.05, 0.1) is 13.2 Å². The van der Waals surface area contributed by atoms with Gasteiger partial charge < -0.3 is 28.7 Å². The molecule has 0 amide bonds. The second kappa shape index (κ2) is 22.0. The Hall–Kier alpha value is -2.51. The highest BCUT2D eigenvalue weighted by atomic mass is 35.5. The first kappa shape index (κ1) is 44.6. The highest BCUT2D eigenvalue weighted by molar-refractivity contribution is 7.71. The molecule has 2 aromatic carbocycles. The molecule has 4 unspecified atom stereocenters. The van der Waals surface area contributed by atoms with E-state index in [0.29, 0.717) is 22.8 Å². The van der Waals surface area contributed by atoms with E-state index in [1.54, 1.807) is 9.13 Å². The van der Waals surface area contributed by atoms with Gasteiger partial charge in [-0.25, -0.2) is 0 Å². The van der Waals surface area contributed by atoms with Crippen LogP contribution < -0.4 is 20.2 Å². The zero-order valence-corrected chi connectivity index (χ0v) is 34.2. The molecule has 8 rings (SSSR count). The number of H-pyrrole nitrogens is 2. The SMILES string of the molecule is OCOP1OCc2ccccc2O1.OCOP1OCc2ccccc2O1.[B][C@@H]1CCC(n2cc(Cl)c(=O)[nH]c2=S)O1.[B][C@@H]1CCC(n2cc(Cl)c(=O)[nH]c2=S)O1. The Morgan fingerprint density at radius 1 is 0.714 bits per heavy atom. The summed E-state index contributed by atoms with van der Waals surface area (Å²) in [5.74, 6) is 1.54. The Morgan fingerprint density at radius 2 is 1.11 bits per heavy atom. The Morgan fingerprint density at radius 3 is 1.46 bits per heavy atom. The Bertz CT molecular complexity index is 2010. The normalized spacial score (nSPS) is 23.3. The van der Waals surface area contributed by atoms with Gasteiger partial charge in [0.1, 0.15) is 49.7 Å². The molecule has 0 aliphatic carbocycles. The molecule has 4 N–H and O–H groups in total. The topological polar surface area (TPSA) is 190 Å². The fourth-order valence-corrected chi connectivity index (χ4v) is 7.70. The molecular formula is C32H34B2Cl2N4O12P2S2. The van der Waals surface area contributed by atoms with Gasteiger partial charge in [0.25, 0.3) is 11.1 Å². The molecule has 2 fully saturated rings. The Kier molecular flexibility index (Phi) is 17.5. The van der Waals surface area contributed by atoms with Crippen molar-refractivity contribution < 1.29 is 46.8 Å². The highest BCUT2D eigenvalue weighted by Crippen LogP contribution is 2.47. The van der Waals surface area contributed by atoms with Crippen LogP contribution in [0.1, 0.15) is 49.3 Å². The molecule has 56 heavy (non-hydrogen) atoms. The first-order valence-corrected chi connectivity index (χ1v) is 20.4. The largest absolute Gasteiger partial charge is 0.426 e. The van der Waals surface area contributed by atoms with Crippen molar-refractivity contribution >= 4 is 80.5 Å². The summed E-state index contributed by atoms with van der Waals surface area (Å²) in [5, 5.41) is 17.2. The van der Waals surface area contributed by atoms with Crippen LogP contribution in [0, 0.1) is 9.54 Å². The molecule has 296 valence electrons. The fraction of sp³-hybridized carbons (Fsp3) is 0.375. The van der Waals surface area contributed by atoms with Gasteiger partial charge in [0.2, 0.25) is 0 Å². The summed E-state index contributed by atoms with van der Waals surface area (Å²) in [4.78, 5) is 27.2. The average Bonchev–Trinajstić information content (AvgIpc) is 3.83. The van der Waals surface area contributed by atoms with E-state index < -0.39 is 17.2 Å². The van der Waals surface area contributed by atoms with Crippen LogP contribution in [0.3, 0.4) is 0 Å². The summed E-state index contributed by atoms with van der Waals surface area (Å²) in [7, 11) is 8.40. The molecule has 4 aromatic rings. The number of ether oxygens (including phenoxy) is 2. The number of aromatic nitrogens is 4. The van der Waals surface area contributed by atoms with Crippen molar-refractivity contribution in [2.45, 2.75) is 63.4 Å². The first-order valence-electron chi connectivity index (χ1n) is 16.6. The number of rotatable bonds is 6. The lowest BCUT2D eigenvalue weighted by Gasteiger charge is -2.22. The summed E-state index contributed by atoms with van der Waals surface area (Å²) in [6.45, 7) is 0.186. The third kappa shape index (κ3) is 12.7. The number of hydrogen-bond acceptors (Lipinski definition) is 14. The second-order valence-corrected chi connectivity index (χ2v) is 15.5. The standard InChI is InChI=1S/2C8H8BClN2O2S.2C8H9O4P/c2*9-5-1-2-6(14-5)12-3-4(10)7(13)11-8(12)15;2*9-6-11-13-10-5-7-3-1-2-4-8(7)12-13/h2*3,5-6H,1-2H2,(H,11,13,15);2*1-4,9H,5-6H2/t2*5-,6?;;/m00../s1. The minimum atomic E-state index is -1.41. The average molecular weight is 885 g/mol. The van der Waals surface area contributed by atoms with Crippen LogP contribution >= 0.6 is 64.8 Å². The van der Waals surface area contributed by atoms with Gasteiger partial charge in [-0.2, -0.15) is 0 Å². The quantitative estimate of drug-likeness (QED) is 0.0730. The molecule has 4 radical (unpaired) electrons. The van der Waals surface area contributed by atoms with Crippen LogP contribution in [-0.2, 0) is 40.8 Å². The third-order valence-corrected chi connectivity index (χ3v) is 11.0. The summed E-state index contributed by atoms with van der Waals surface area (Å²) in [6, 6.07) is 14.6. The lowest BCUT2D eigenvalue weighted by molar-refractivity contribution is 0.0352. The number of nitrogens with one attached hydrogen (secondary N) is 2. The van der Waals surface area contributed by atoms with Crippen LogP contribution in [-0.4, -0.2) is 70.6 Å². The summed E-state index contributed by atoms with van der Waals surface area (Å²) >= 11 is 21.4. The predicted octanol–water partition coefficient (Wildman–Crippen LogP) is 6.30. The van der Waals surface area contributed by atoms with E-state index >= 15 is 0 Å². The molecule has 2 saturated heterocycles. The summed E-state index contributed by atoms with van der Waals surface area (Å²) < 4.78 is 45.4. The van der Waals surface area contributed by atoms with Crippen molar-refractivity contribution in [1.82, 2.24) is 19.1 Å². The van der Waals surface area contributed by atoms with Crippen LogP contribution in [0.4, 0.5) is 0 Å². The van der Waals surface area contributed by atoms with E-state index in [2.05, 4.69) is 9.97 Å². The Labute approximate surface area is 345 Å². The number of benzene rings is 2. The van der Waals surface area contributed by atoms with Gasteiger partial charge in [-0.3, -0.25) is 46.8 Å². The zero-order chi connectivity index (χ0) is 40.2. The van der Waals surface area contributed by atoms with Gasteiger partial charge in [-0.05, 0) is 62.3 Å². The lowest BCUT2D eigenvalue weighted by Crippen LogP contribution is -2.18. The van der Waals surface area contributed by atoms with E-state index in [-0.39, 0.29) is 59.2 Å².